The largest absolute Gasteiger partial charge is 0.494 e. The molecule has 10 heteroatoms. The number of hydrogen-bond donors (Lipinski definition) is 2. The SMILES string of the molecule is CCOc1c(N)c(N2CC(N(C)C)C2)cc(OC)c1Nc1nccc(-c2cnn3c2CCCC3)n1. The fourth-order valence-corrected chi connectivity index (χ4v) is 4.77. The van der Waals surface area contributed by atoms with Crippen molar-refractivity contribution in [2.45, 2.75) is 38.8 Å². The molecular weight excluding hydrogens is 444 g/mol. The van der Waals surface area contributed by atoms with E-state index in [1.807, 2.05) is 25.3 Å². The molecule has 0 atom stereocenters. The first-order valence-corrected chi connectivity index (χ1v) is 12.2. The van der Waals surface area contributed by atoms with Crippen molar-refractivity contribution in [2.24, 2.45) is 0 Å². The minimum Gasteiger partial charge on any atom is -0.494 e. The van der Waals surface area contributed by atoms with E-state index in [2.05, 4.69) is 44.0 Å². The molecular formula is C25H34N8O2. The molecule has 2 aliphatic rings. The van der Waals surface area contributed by atoms with Crippen molar-refractivity contribution in [1.29, 1.82) is 0 Å². The number of nitrogen functional groups attached to an aromatic ring is 1. The van der Waals surface area contributed by atoms with Gasteiger partial charge in [0.2, 0.25) is 5.95 Å². The minimum atomic E-state index is 0.446. The second-order valence-electron chi connectivity index (χ2n) is 9.25. The first-order valence-electron chi connectivity index (χ1n) is 12.2. The van der Waals surface area contributed by atoms with Crippen LogP contribution in [-0.2, 0) is 13.0 Å². The molecule has 4 heterocycles. The maximum atomic E-state index is 6.64. The summed E-state index contributed by atoms with van der Waals surface area (Å²) in [6.45, 7) is 5.17. The van der Waals surface area contributed by atoms with Crippen LogP contribution in [0.5, 0.6) is 11.5 Å². The normalized spacial score (nSPS) is 15.6. The average Bonchev–Trinajstić information content (AvgIpc) is 3.26. The number of aromatic nitrogens is 4. The summed E-state index contributed by atoms with van der Waals surface area (Å²) in [6, 6.07) is 4.38. The van der Waals surface area contributed by atoms with E-state index in [9.17, 15) is 0 Å². The maximum absolute atomic E-state index is 6.64. The molecule has 1 fully saturated rings. The van der Waals surface area contributed by atoms with Crippen molar-refractivity contribution in [3.05, 3.63) is 30.2 Å². The van der Waals surface area contributed by atoms with Gasteiger partial charge in [-0.15, -0.1) is 0 Å². The van der Waals surface area contributed by atoms with Crippen molar-refractivity contribution >= 4 is 23.0 Å². The van der Waals surface area contributed by atoms with Crippen LogP contribution >= 0.6 is 0 Å². The molecule has 2 aliphatic heterocycles. The molecule has 0 amide bonds. The quantitative estimate of drug-likeness (QED) is 0.472. The highest BCUT2D eigenvalue weighted by molar-refractivity contribution is 5.88. The van der Waals surface area contributed by atoms with Crippen molar-refractivity contribution in [3.8, 4) is 22.8 Å². The van der Waals surface area contributed by atoms with Gasteiger partial charge in [0.25, 0.3) is 0 Å². The van der Waals surface area contributed by atoms with E-state index in [0.29, 0.717) is 41.5 Å². The zero-order chi connectivity index (χ0) is 24.5. The molecule has 5 rings (SSSR count). The van der Waals surface area contributed by atoms with Crippen LogP contribution in [0.1, 0.15) is 25.5 Å². The van der Waals surface area contributed by atoms with E-state index in [-0.39, 0.29) is 0 Å². The smallest absolute Gasteiger partial charge is 0.227 e. The lowest BCUT2D eigenvalue weighted by molar-refractivity contribution is 0.247. The van der Waals surface area contributed by atoms with E-state index >= 15 is 0 Å². The third kappa shape index (κ3) is 4.34. The number of methoxy groups -OCH3 is 1. The van der Waals surface area contributed by atoms with Gasteiger partial charge < -0.3 is 30.3 Å². The van der Waals surface area contributed by atoms with Crippen LogP contribution in [0.3, 0.4) is 0 Å². The van der Waals surface area contributed by atoms with Gasteiger partial charge in [0, 0.05) is 49.2 Å². The molecule has 0 spiro atoms. The summed E-state index contributed by atoms with van der Waals surface area (Å²) in [4.78, 5) is 13.7. The Morgan fingerprint density at radius 1 is 1.26 bits per heavy atom. The van der Waals surface area contributed by atoms with Gasteiger partial charge in [-0.25, -0.2) is 9.97 Å². The second-order valence-corrected chi connectivity index (χ2v) is 9.25. The fraction of sp³-hybridized carbons (Fsp3) is 0.480. The lowest BCUT2D eigenvalue weighted by Gasteiger charge is -2.45. The summed E-state index contributed by atoms with van der Waals surface area (Å²) >= 11 is 0. The Kier molecular flexibility index (Phi) is 6.38. The lowest BCUT2D eigenvalue weighted by atomic mass is 10.0. The van der Waals surface area contributed by atoms with E-state index in [0.717, 1.165) is 49.4 Å². The Morgan fingerprint density at radius 2 is 2.09 bits per heavy atom. The monoisotopic (exact) mass is 478 g/mol. The minimum absolute atomic E-state index is 0.446. The van der Waals surface area contributed by atoms with Crippen LogP contribution in [0.15, 0.2) is 24.5 Å². The maximum Gasteiger partial charge on any atom is 0.227 e. The molecule has 1 saturated heterocycles. The average molecular weight is 479 g/mol. The number of hydrogen-bond acceptors (Lipinski definition) is 9. The van der Waals surface area contributed by atoms with E-state index < -0.39 is 0 Å². The number of benzene rings is 1. The van der Waals surface area contributed by atoms with Gasteiger partial charge in [0.15, 0.2) is 5.75 Å². The number of aryl methyl sites for hydroxylation is 1. The first-order chi connectivity index (χ1) is 17.0. The molecule has 1 aromatic carbocycles. The molecule has 0 bridgehead atoms. The number of fused-ring (bicyclic) bond motifs is 1. The number of nitrogens with two attached hydrogens (primary N) is 1. The van der Waals surface area contributed by atoms with Gasteiger partial charge in [0.1, 0.15) is 17.1 Å². The molecule has 2 aromatic heterocycles. The Bertz CT molecular complexity index is 1200. The summed E-state index contributed by atoms with van der Waals surface area (Å²) in [5, 5.41) is 7.87. The standard InChI is InChI=1S/C25H34N8O2/c1-5-35-24-22(26)20(32-14-16(15-32)31(2)3)12-21(34-4)23(24)30-25-27-10-9-18(29-25)17-13-28-33-11-7-6-8-19(17)33/h9-10,12-13,16H,5-8,11,14-15,26H2,1-4H3,(H,27,29,30). The molecule has 3 N–H and O–H groups in total. The van der Waals surface area contributed by atoms with Crippen molar-refractivity contribution in [3.63, 3.8) is 0 Å². The zero-order valence-electron chi connectivity index (χ0n) is 20.9. The molecule has 0 radical (unpaired) electrons. The summed E-state index contributed by atoms with van der Waals surface area (Å²) in [6.07, 6.45) is 6.99. The van der Waals surface area contributed by atoms with Crippen molar-refractivity contribution < 1.29 is 9.47 Å². The van der Waals surface area contributed by atoms with E-state index in [1.165, 1.54) is 12.1 Å². The van der Waals surface area contributed by atoms with Gasteiger partial charge in [-0.2, -0.15) is 5.10 Å². The zero-order valence-corrected chi connectivity index (χ0v) is 20.9. The highest BCUT2D eigenvalue weighted by Crippen LogP contribution is 2.47. The van der Waals surface area contributed by atoms with Gasteiger partial charge in [0.05, 0.1) is 31.3 Å². The number of ether oxygens (including phenoxy) is 2. The fourth-order valence-electron chi connectivity index (χ4n) is 4.77. The number of nitrogens with zero attached hydrogens (tertiary/aromatic N) is 6. The van der Waals surface area contributed by atoms with Crippen LogP contribution in [0, 0.1) is 0 Å². The third-order valence-electron chi connectivity index (χ3n) is 6.85. The lowest BCUT2D eigenvalue weighted by Crippen LogP contribution is -2.57. The highest BCUT2D eigenvalue weighted by atomic mass is 16.5. The molecule has 3 aromatic rings. The molecule has 0 aliphatic carbocycles. The molecule has 186 valence electrons. The molecule has 35 heavy (non-hydrogen) atoms. The van der Waals surface area contributed by atoms with E-state index in [1.54, 1.807) is 13.3 Å². The van der Waals surface area contributed by atoms with Crippen LogP contribution in [-0.4, -0.2) is 71.6 Å². The predicted octanol–water partition coefficient (Wildman–Crippen LogP) is 3.16. The van der Waals surface area contributed by atoms with Gasteiger partial charge in [-0.05, 0) is 46.3 Å². The summed E-state index contributed by atoms with van der Waals surface area (Å²) < 4.78 is 13.9. The van der Waals surface area contributed by atoms with Crippen LogP contribution in [0.2, 0.25) is 0 Å². The third-order valence-corrected chi connectivity index (χ3v) is 6.85. The van der Waals surface area contributed by atoms with Crippen LogP contribution in [0.4, 0.5) is 23.0 Å². The summed E-state index contributed by atoms with van der Waals surface area (Å²) in [5.74, 6) is 1.62. The highest BCUT2D eigenvalue weighted by Gasteiger charge is 2.32. The number of rotatable bonds is 8. The Hall–Kier alpha value is -3.53. The second kappa shape index (κ2) is 9.61. The topological polar surface area (TPSA) is 107 Å². The number of nitrogens with one attached hydrogen (secondary N) is 1. The predicted molar refractivity (Wildman–Crippen MR) is 138 cm³/mol. The van der Waals surface area contributed by atoms with E-state index in [4.69, 9.17) is 20.2 Å². The Labute approximate surface area is 206 Å². The van der Waals surface area contributed by atoms with Crippen LogP contribution in [0.25, 0.3) is 11.3 Å². The Morgan fingerprint density at radius 3 is 2.83 bits per heavy atom. The number of anilines is 4. The van der Waals surface area contributed by atoms with Crippen LogP contribution < -0.4 is 25.4 Å². The van der Waals surface area contributed by atoms with Crippen molar-refractivity contribution in [1.82, 2.24) is 24.6 Å². The molecule has 0 saturated carbocycles. The van der Waals surface area contributed by atoms with Gasteiger partial charge in [-0.3, -0.25) is 4.68 Å². The summed E-state index contributed by atoms with van der Waals surface area (Å²) in [5.41, 5.74) is 11.9. The molecule has 0 unspecified atom stereocenters. The first kappa shape index (κ1) is 23.2. The van der Waals surface area contributed by atoms with Gasteiger partial charge >= 0.3 is 0 Å². The van der Waals surface area contributed by atoms with Crippen molar-refractivity contribution in [2.75, 3.05) is 56.9 Å². The molecule has 10 nitrogen and oxygen atoms in total. The van der Waals surface area contributed by atoms with Gasteiger partial charge in [-0.1, -0.05) is 0 Å². The Balaban J connectivity index is 1.48. The number of likely N-dealkylation sites (N-methyl/N-ethyl adjacent to an activating group) is 1. The summed E-state index contributed by atoms with van der Waals surface area (Å²) in [7, 11) is 5.84.